The molecule has 0 spiro atoms. The van der Waals surface area contributed by atoms with Crippen LogP contribution in [0.15, 0.2) is 36.4 Å². The first kappa shape index (κ1) is 17.1. The fraction of sp³-hybridized carbons (Fsp3) is 0.200. The summed E-state index contributed by atoms with van der Waals surface area (Å²) in [7, 11) is 0. The van der Waals surface area contributed by atoms with Gasteiger partial charge in [-0.05, 0) is 43.3 Å². The van der Waals surface area contributed by atoms with Crippen LogP contribution in [-0.4, -0.2) is 20.9 Å². The van der Waals surface area contributed by atoms with Gasteiger partial charge in [-0.15, -0.1) is 13.2 Å². The zero-order valence-corrected chi connectivity index (χ0v) is 12.5. The molecule has 1 aromatic carbocycles. The molecule has 0 saturated heterocycles. The molecule has 4 nitrogen and oxygen atoms in total. The zero-order chi connectivity index (χ0) is 18.4. The van der Waals surface area contributed by atoms with Crippen molar-refractivity contribution in [3.8, 4) is 11.4 Å². The molecule has 10 heteroatoms. The molecule has 0 fully saturated rings. The molecule has 0 atom stereocenters. The van der Waals surface area contributed by atoms with Crippen LogP contribution in [-0.2, 0) is 6.18 Å². The number of aromatic nitrogens is 3. The minimum absolute atomic E-state index is 0.0446. The lowest BCUT2D eigenvalue weighted by molar-refractivity contribution is -0.274. The van der Waals surface area contributed by atoms with E-state index in [0.717, 1.165) is 18.2 Å². The maximum absolute atomic E-state index is 12.9. The average Bonchev–Trinajstić information content (AvgIpc) is 2.80. The highest BCUT2D eigenvalue weighted by Gasteiger charge is 2.33. The second-order valence-corrected chi connectivity index (χ2v) is 5.07. The molecular weight excluding hydrogens is 352 g/mol. The third-order valence-corrected chi connectivity index (χ3v) is 3.29. The number of halogens is 6. The van der Waals surface area contributed by atoms with Gasteiger partial charge in [0.1, 0.15) is 22.8 Å². The highest BCUT2D eigenvalue weighted by atomic mass is 19.4. The molecule has 25 heavy (non-hydrogen) atoms. The summed E-state index contributed by atoms with van der Waals surface area (Å²) in [6, 6.07) is 6.67. The molecule has 3 aromatic rings. The van der Waals surface area contributed by atoms with Crippen LogP contribution in [0.5, 0.6) is 5.75 Å². The molecule has 0 aliphatic carbocycles. The Hall–Kier alpha value is -2.78. The van der Waals surface area contributed by atoms with Crippen molar-refractivity contribution in [1.29, 1.82) is 0 Å². The van der Waals surface area contributed by atoms with E-state index in [1.54, 1.807) is 6.92 Å². The number of pyridine rings is 1. The largest absolute Gasteiger partial charge is 0.573 e. The second-order valence-electron chi connectivity index (χ2n) is 5.07. The fourth-order valence-electron chi connectivity index (χ4n) is 2.33. The SMILES string of the molecule is Cc1nc2ccc(C(F)(F)F)nc2n1-c1ccc(OC(F)(F)F)cc1. The molecular formula is C15H9F6N3O. The van der Waals surface area contributed by atoms with Crippen LogP contribution in [0.25, 0.3) is 16.9 Å². The van der Waals surface area contributed by atoms with Gasteiger partial charge in [0.2, 0.25) is 0 Å². The molecule has 0 amide bonds. The van der Waals surface area contributed by atoms with Crippen molar-refractivity contribution in [1.82, 2.24) is 14.5 Å². The van der Waals surface area contributed by atoms with E-state index in [1.807, 2.05) is 0 Å². The molecule has 0 aliphatic rings. The van der Waals surface area contributed by atoms with Crippen molar-refractivity contribution in [3.63, 3.8) is 0 Å². The number of ether oxygens (including phenoxy) is 1. The van der Waals surface area contributed by atoms with E-state index < -0.39 is 24.0 Å². The number of hydrogen-bond acceptors (Lipinski definition) is 3. The number of aryl methyl sites for hydroxylation is 1. The number of rotatable bonds is 2. The van der Waals surface area contributed by atoms with Crippen LogP contribution >= 0.6 is 0 Å². The van der Waals surface area contributed by atoms with Crippen LogP contribution in [0.3, 0.4) is 0 Å². The molecule has 3 rings (SSSR count). The molecule has 0 unspecified atom stereocenters. The monoisotopic (exact) mass is 361 g/mol. The topological polar surface area (TPSA) is 39.9 Å². The first-order valence-corrected chi connectivity index (χ1v) is 6.84. The minimum Gasteiger partial charge on any atom is -0.406 e. The molecule has 0 bridgehead atoms. The third-order valence-electron chi connectivity index (χ3n) is 3.29. The molecule has 0 radical (unpaired) electrons. The van der Waals surface area contributed by atoms with Crippen LogP contribution in [0.2, 0.25) is 0 Å². The number of nitrogens with zero attached hydrogens (tertiary/aromatic N) is 3. The summed E-state index contributed by atoms with van der Waals surface area (Å²) in [5, 5.41) is 0. The van der Waals surface area contributed by atoms with E-state index in [1.165, 1.54) is 22.8 Å². The van der Waals surface area contributed by atoms with Crippen molar-refractivity contribution in [2.45, 2.75) is 19.5 Å². The van der Waals surface area contributed by atoms with Gasteiger partial charge < -0.3 is 4.74 Å². The molecule has 0 saturated carbocycles. The van der Waals surface area contributed by atoms with Gasteiger partial charge in [-0.3, -0.25) is 4.57 Å². The first-order chi connectivity index (χ1) is 11.5. The lowest BCUT2D eigenvalue weighted by atomic mass is 10.3. The van der Waals surface area contributed by atoms with Crippen LogP contribution in [0, 0.1) is 6.92 Å². The van der Waals surface area contributed by atoms with E-state index in [-0.39, 0.29) is 11.2 Å². The van der Waals surface area contributed by atoms with Gasteiger partial charge in [-0.2, -0.15) is 13.2 Å². The molecule has 2 aromatic heterocycles. The van der Waals surface area contributed by atoms with Gasteiger partial charge in [-0.1, -0.05) is 0 Å². The summed E-state index contributed by atoms with van der Waals surface area (Å²) in [6.45, 7) is 1.55. The average molecular weight is 361 g/mol. The number of hydrogen-bond donors (Lipinski definition) is 0. The standard InChI is InChI=1S/C15H9F6N3O/c1-8-22-11-6-7-12(14(16,17)18)23-13(11)24(8)9-2-4-10(5-3-9)25-15(19,20)21/h2-7H,1H3. The fourth-order valence-corrected chi connectivity index (χ4v) is 2.33. The Kier molecular flexibility index (Phi) is 3.85. The van der Waals surface area contributed by atoms with E-state index in [9.17, 15) is 26.3 Å². The molecule has 132 valence electrons. The summed E-state index contributed by atoms with van der Waals surface area (Å²) >= 11 is 0. The number of fused-ring (bicyclic) bond motifs is 1. The predicted molar refractivity (Wildman–Crippen MR) is 75.3 cm³/mol. The number of benzene rings is 1. The highest BCUT2D eigenvalue weighted by molar-refractivity contribution is 5.74. The summed E-state index contributed by atoms with van der Waals surface area (Å²) in [5.41, 5.74) is -0.586. The van der Waals surface area contributed by atoms with Gasteiger partial charge in [0.25, 0.3) is 0 Å². The van der Waals surface area contributed by atoms with Gasteiger partial charge in [0.15, 0.2) is 5.65 Å². The lowest BCUT2D eigenvalue weighted by Crippen LogP contribution is -2.17. The summed E-state index contributed by atoms with van der Waals surface area (Å²) < 4.78 is 80.2. The predicted octanol–water partition coefficient (Wildman–Crippen LogP) is 4.65. The number of imidazole rings is 1. The van der Waals surface area contributed by atoms with Gasteiger partial charge in [0.05, 0.1) is 0 Å². The molecule has 0 aliphatic heterocycles. The molecule has 2 heterocycles. The Morgan fingerprint density at radius 2 is 1.52 bits per heavy atom. The van der Waals surface area contributed by atoms with Crippen LogP contribution in [0.4, 0.5) is 26.3 Å². The smallest absolute Gasteiger partial charge is 0.406 e. The van der Waals surface area contributed by atoms with Gasteiger partial charge in [-0.25, -0.2) is 9.97 Å². The van der Waals surface area contributed by atoms with E-state index >= 15 is 0 Å². The van der Waals surface area contributed by atoms with Crippen LogP contribution < -0.4 is 4.74 Å². The van der Waals surface area contributed by atoms with Crippen molar-refractivity contribution in [2.24, 2.45) is 0 Å². The quantitative estimate of drug-likeness (QED) is 0.624. The first-order valence-electron chi connectivity index (χ1n) is 6.84. The summed E-state index contributed by atoms with van der Waals surface area (Å²) in [4.78, 5) is 7.71. The second kappa shape index (κ2) is 5.64. The van der Waals surface area contributed by atoms with Gasteiger partial charge >= 0.3 is 12.5 Å². The van der Waals surface area contributed by atoms with Crippen molar-refractivity contribution in [3.05, 3.63) is 47.9 Å². The van der Waals surface area contributed by atoms with Crippen molar-refractivity contribution >= 4 is 11.2 Å². The van der Waals surface area contributed by atoms with E-state index in [2.05, 4.69) is 14.7 Å². The Morgan fingerprint density at radius 1 is 0.880 bits per heavy atom. The lowest BCUT2D eigenvalue weighted by Gasteiger charge is -2.11. The Labute approximate surface area is 136 Å². The maximum atomic E-state index is 12.9. The van der Waals surface area contributed by atoms with Gasteiger partial charge in [0, 0.05) is 5.69 Å². The van der Waals surface area contributed by atoms with Crippen molar-refractivity contribution in [2.75, 3.05) is 0 Å². The number of alkyl halides is 6. The van der Waals surface area contributed by atoms with Crippen molar-refractivity contribution < 1.29 is 31.1 Å². The maximum Gasteiger partial charge on any atom is 0.573 e. The zero-order valence-electron chi connectivity index (χ0n) is 12.5. The normalized spacial score (nSPS) is 12.6. The molecule has 0 N–H and O–H groups in total. The summed E-state index contributed by atoms with van der Waals surface area (Å²) in [5.74, 6) is -0.103. The Morgan fingerprint density at radius 3 is 2.08 bits per heavy atom. The van der Waals surface area contributed by atoms with Crippen LogP contribution in [0.1, 0.15) is 11.5 Å². The highest BCUT2D eigenvalue weighted by Crippen LogP contribution is 2.30. The minimum atomic E-state index is -4.83. The third kappa shape index (κ3) is 3.52. The Bertz CT molecular complexity index is 912. The van der Waals surface area contributed by atoms with E-state index in [4.69, 9.17) is 0 Å². The summed E-state index contributed by atoms with van der Waals surface area (Å²) in [6.07, 6.45) is -9.45. The van der Waals surface area contributed by atoms with E-state index in [0.29, 0.717) is 11.5 Å². The Balaban J connectivity index is 2.07.